The molecule has 120 valence electrons. The van der Waals surface area contributed by atoms with Crippen molar-refractivity contribution in [3.63, 3.8) is 0 Å². The first kappa shape index (κ1) is 17.3. The van der Waals surface area contributed by atoms with E-state index in [2.05, 4.69) is 58.9 Å². The first-order valence-corrected chi connectivity index (χ1v) is 10.4. The molecule has 0 saturated carbocycles. The molecule has 0 saturated heterocycles. The minimum atomic E-state index is -0.335. The third-order valence-electron chi connectivity index (χ3n) is 5.10. The van der Waals surface area contributed by atoms with E-state index in [1.165, 1.54) is 48.8 Å². The molecule has 0 bridgehead atoms. The average molecular weight is 313 g/mol. The Bertz CT molecular complexity index is 555. The van der Waals surface area contributed by atoms with Gasteiger partial charge in [0.1, 0.15) is 0 Å². The second kappa shape index (κ2) is 7.96. The highest BCUT2D eigenvalue weighted by Crippen LogP contribution is 2.31. The van der Waals surface area contributed by atoms with Crippen LogP contribution in [-0.2, 0) is 0 Å². The first-order chi connectivity index (χ1) is 10.6. The molecule has 0 amide bonds. The molecule has 1 atom stereocenters. The van der Waals surface area contributed by atoms with Crippen LogP contribution in [0.2, 0.25) is 0 Å². The number of rotatable bonds is 7. The van der Waals surface area contributed by atoms with Crippen LogP contribution in [0.25, 0.3) is 0 Å². The van der Waals surface area contributed by atoms with Gasteiger partial charge in [-0.2, -0.15) is 0 Å². The smallest absolute Gasteiger partial charge is 0.0775 e. The second-order valence-corrected chi connectivity index (χ2v) is 8.74. The van der Waals surface area contributed by atoms with Crippen molar-refractivity contribution in [3.8, 4) is 0 Å². The minimum absolute atomic E-state index is 0.335. The van der Waals surface area contributed by atoms with Gasteiger partial charge in [0.05, 0.1) is 9.52 Å². The van der Waals surface area contributed by atoms with Crippen molar-refractivity contribution in [2.24, 2.45) is 5.92 Å². The van der Waals surface area contributed by atoms with E-state index in [1.807, 2.05) is 0 Å². The quantitative estimate of drug-likeness (QED) is 0.499. The highest BCUT2D eigenvalue weighted by atomic mass is 28.2. The Kier molecular flexibility index (Phi) is 6.25. The van der Waals surface area contributed by atoms with E-state index in [0.717, 1.165) is 5.92 Å². The standard InChI is InChI=1S/C21H32Si/c1-6-8-9-10-18-11-12-20(19(18)7-2)22-21-16(4)13-15(3)14-17(21)5/h11-14,18H,6-10,22H2,1-5H3. The molecule has 0 aromatic heterocycles. The fraction of sp³-hybridized carbons (Fsp3) is 0.524. The summed E-state index contributed by atoms with van der Waals surface area (Å²) >= 11 is 0. The van der Waals surface area contributed by atoms with Crippen LogP contribution < -0.4 is 5.19 Å². The highest BCUT2D eigenvalue weighted by molar-refractivity contribution is 6.63. The number of aryl methyl sites for hydroxylation is 3. The van der Waals surface area contributed by atoms with Gasteiger partial charge in [0.25, 0.3) is 0 Å². The molecule has 1 aromatic carbocycles. The van der Waals surface area contributed by atoms with Crippen LogP contribution in [0, 0.1) is 26.7 Å². The third-order valence-corrected chi connectivity index (χ3v) is 7.64. The van der Waals surface area contributed by atoms with Gasteiger partial charge >= 0.3 is 0 Å². The Morgan fingerprint density at radius 2 is 1.68 bits per heavy atom. The fourth-order valence-corrected chi connectivity index (χ4v) is 6.06. The Hall–Kier alpha value is -1.08. The second-order valence-electron chi connectivity index (χ2n) is 6.92. The molecule has 1 heteroatoms. The lowest BCUT2D eigenvalue weighted by Crippen LogP contribution is -2.23. The molecule has 22 heavy (non-hydrogen) atoms. The molecule has 0 heterocycles. The molecule has 0 N–H and O–H groups in total. The molecule has 0 spiro atoms. The van der Waals surface area contributed by atoms with E-state index >= 15 is 0 Å². The lowest BCUT2D eigenvalue weighted by molar-refractivity contribution is 0.587. The summed E-state index contributed by atoms with van der Waals surface area (Å²) in [7, 11) is -0.335. The van der Waals surface area contributed by atoms with Crippen LogP contribution in [0.4, 0.5) is 0 Å². The van der Waals surface area contributed by atoms with E-state index in [0.29, 0.717) is 0 Å². The van der Waals surface area contributed by atoms with Crippen molar-refractivity contribution in [1.82, 2.24) is 0 Å². The molecule has 1 aromatic rings. The first-order valence-electron chi connectivity index (χ1n) is 9.03. The number of hydrogen-bond donors (Lipinski definition) is 0. The van der Waals surface area contributed by atoms with Gasteiger partial charge in [-0.15, -0.1) is 0 Å². The van der Waals surface area contributed by atoms with E-state index in [9.17, 15) is 0 Å². The Labute approximate surface area is 139 Å². The largest absolute Gasteiger partial charge is 0.0881 e. The Morgan fingerprint density at radius 3 is 2.27 bits per heavy atom. The number of unbranched alkanes of at least 4 members (excludes halogenated alkanes) is 2. The molecule has 0 radical (unpaired) electrons. The predicted octanol–water partition coefficient (Wildman–Crippen LogP) is 4.84. The molecule has 1 aliphatic carbocycles. The van der Waals surface area contributed by atoms with Gasteiger partial charge in [-0.3, -0.25) is 0 Å². The van der Waals surface area contributed by atoms with Crippen molar-refractivity contribution in [3.05, 3.63) is 51.7 Å². The van der Waals surface area contributed by atoms with Crippen LogP contribution in [0.3, 0.4) is 0 Å². The maximum absolute atomic E-state index is 2.50. The SMILES string of the molecule is CCCCCC1C=CC([SiH2]c2c(C)cc(C)cc2C)=C1CC. The van der Waals surface area contributed by atoms with Gasteiger partial charge in [-0.25, -0.2) is 0 Å². The molecule has 1 unspecified atom stereocenters. The molecular formula is C21H32Si. The summed E-state index contributed by atoms with van der Waals surface area (Å²) in [6.45, 7) is 11.4. The molecule has 0 nitrogen and oxygen atoms in total. The lowest BCUT2D eigenvalue weighted by atomic mass is 9.94. The normalized spacial score (nSPS) is 18.1. The van der Waals surface area contributed by atoms with E-state index < -0.39 is 0 Å². The van der Waals surface area contributed by atoms with Crippen LogP contribution in [-0.4, -0.2) is 9.52 Å². The zero-order chi connectivity index (χ0) is 16.1. The van der Waals surface area contributed by atoms with Crippen molar-refractivity contribution >= 4 is 14.7 Å². The monoisotopic (exact) mass is 312 g/mol. The van der Waals surface area contributed by atoms with E-state index in [1.54, 1.807) is 16.0 Å². The zero-order valence-electron chi connectivity index (χ0n) is 15.1. The van der Waals surface area contributed by atoms with Crippen LogP contribution in [0.1, 0.15) is 62.6 Å². The van der Waals surface area contributed by atoms with Gasteiger partial charge < -0.3 is 0 Å². The average Bonchev–Trinajstić information content (AvgIpc) is 2.85. The van der Waals surface area contributed by atoms with Crippen LogP contribution in [0.15, 0.2) is 35.1 Å². The van der Waals surface area contributed by atoms with Gasteiger partial charge in [0.2, 0.25) is 0 Å². The van der Waals surface area contributed by atoms with Crippen LogP contribution >= 0.6 is 0 Å². The highest BCUT2D eigenvalue weighted by Gasteiger charge is 2.20. The summed E-state index contributed by atoms with van der Waals surface area (Å²) in [4.78, 5) is 0. The molecule has 1 aliphatic rings. The maximum Gasteiger partial charge on any atom is 0.0881 e. The van der Waals surface area contributed by atoms with Crippen LogP contribution in [0.5, 0.6) is 0 Å². The summed E-state index contributed by atoms with van der Waals surface area (Å²) in [5.74, 6) is 0.741. The predicted molar refractivity (Wildman–Crippen MR) is 103 cm³/mol. The molecule has 0 aliphatic heterocycles. The molecular weight excluding hydrogens is 280 g/mol. The van der Waals surface area contributed by atoms with Crippen molar-refractivity contribution < 1.29 is 0 Å². The zero-order valence-corrected chi connectivity index (χ0v) is 16.5. The lowest BCUT2D eigenvalue weighted by Gasteiger charge is -2.16. The minimum Gasteiger partial charge on any atom is -0.0775 e. The summed E-state index contributed by atoms with van der Waals surface area (Å²) < 4.78 is 0. The number of hydrogen-bond acceptors (Lipinski definition) is 0. The molecule has 0 fully saturated rings. The van der Waals surface area contributed by atoms with E-state index in [4.69, 9.17) is 0 Å². The number of allylic oxidation sites excluding steroid dienone is 4. The Balaban J connectivity index is 2.18. The van der Waals surface area contributed by atoms with Gasteiger partial charge in [-0.1, -0.05) is 90.0 Å². The summed E-state index contributed by atoms with van der Waals surface area (Å²) in [6, 6.07) is 4.72. The van der Waals surface area contributed by atoms with Gasteiger partial charge in [-0.05, 0) is 39.5 Å². The summed E-state index contributed by atoms with van der Waals surface area (Å²) in [5, 5.41) is 3.39. The molecule has 2 rings (SSSR count). The van der Waals surface area contributed by atoms with Crippen molar-refractivity contribution in [2.75, 3.05) is 0 Å². The summed E-state index contributed by atoms with van der Waals surface area (Å²) in [5.41, 5.74) is 6.17. The topological polar surface area (TPSA) is 0 Å². The van der Waals surface area contributed by atoms with E-state index in [-0.39, 0.29) is 9.52 Å². The maximum atomic E-state index is 2.50. The Morgan fingerprint density at radius 1 is 1.00 bits per heavy atom. The fourth-order valence-electron chi connectivity index (χ4n) is 3.92. The van der Waals surface area contributed by atoms with Crippen molar-refractivity contribution in [2.45, 2.75) is 66.7 Å². The van der Waals surface area contributed by atoms with Gasteiger partial charge in [0.15, 0.2) is 0 Å². The third kappa shape index (κ3) is 4.01. The summed E-state index contributed by atoms with van der Waals surface area (Å²) in [6.07, 6.45) is 11.6. The van der Waals surface area contributed by atoms with Gasteiger partial charge in [0, 0.05) is 0 Å². The van der Waals surface area contributed by atoms with Crippen molar-refractivity contribution in [1.29, 1.82) is 0 Å². The number of benzene rings is 1.